The molecular weight excluding hydrogens is 212 g/mol. The van der Waals surface area contributed by atoms with E-state index in [9.17, 15) is 0 Å². The molecule has 3 heteroatoms. The fourth-order valence-electron chi connectivity index (χ4n) is 1.70. The summed E-state index contributed by atoms with van der Waals surface area (Å²) >= 11 is 0. The minimum absolute atomic E-state index is 0.732. The van der Waals surface area contributed by atoms with Crippen LogP contribution < -0.4 is 4.74 Å². The van der Waals surface area contributed by atoms with Crippen LogP contribution in [0, 0.1) is 11.3 Å². The number of rotatable bonds is 3. The van der Waals surface area contributed by atoms with Gasteiger partial charge in [-0.2, -0.15) is 5.26 Å². The molecular formula is C14H14N2O. The Balaban J connectivity index is 1.97. The van der Waals surface area contributed by atoms with E-state index in [0.717, 1.165) is 24.4 Å². The minimum Gasteiger partial charge on any atom is -0.497 e. The zero-order valence-corrected chi connectivity index (χ0v) is 9.76. The highest BCUT2D eigenvalue weighted by Gasteiger charge is 2.05. The summed E-state index contributed by atoms with van der Waals surface area (Å²) < 4.78 is 5.11. The summed E-state index contributed by atoms with van der Waals surface area (Å²) in [4.78, 5) is 2.16. The third-order valence-electron chi connectivity index (χ3n) is 2.68. The maximum atomic E-state index is 8.72. The van der Waals surface area contributed by atoms with Gasteiger partial charge in [0.1, 0.15) is 5.75 Å². The van der Waals surface area contributed by atoms with Crippen LogP contribution in [0.25, 0.3) is 0 Å². The highest BCUT2D eigenvalue weighted by molar-refractivity contribution is 5.35. The lowest BCUT2D eigenvalue weighted by Crippen LogP contribution is -2.19. The van der Waals surface area contributed by atoms with Crippen LogP contribution in [0.15, 0.2) is 48.2 Å². The third-order valence-corrected chi connectivity index (χ3v) is 2.68. The van der Waals surface area contributed by atoms with Gasteiger partial charge < -0.3 is 9.64 Å². The molecule has 1 aliphatic heterocycles. The van der Waals surface area contributed by atoms with Gasteiger partial charge in [-0.15, -0.1) is 0 Å². The summed E-state index contributed by atoms with van der Waals surface area (Å²) in [6.45, 7) is 1.63. The smallest absolute Gasteiger partial charge is 0.118 e. The van der Waals surface area contributed by atoms with Gasteiger partial charge in [0.05, 0.1) is 18.8 Å². The number of benzene rings is 1. The Morgan fingerprint density at radius 1 is 1.35 bits per heavy atom. The first-order valence-corrected chi connectivity index (χ1v) is 5.47. The molecule has 17 heavy (non-hydrogen) atoms. The van der Waals surface area contributed by atoms with Crippen LogP contribution in [-0.2, 0) is 6.54 Å². The van der Waals surface area contributed by atoms with E-state index in [1.54, 1.807) is 7.11 Å². The first kappa shape index (κ1) is 11.3. The molecule has 86 valence electrons. The number of ether oxygens (including phenoxy) is 1. The monoisotopic (exact) mass is 226 g/mol. The topological polar surface area (TPSA) is 36.3 Å². The summed E-state index contributed by atoms with van der Waals surface area (Å²) in [6.07, 6.45) is 5.74. The van der Waals surface area contributed by atoms with Crippen molar-refractivity contribution in [1.29, 1.82) is 5.26 Å². The van der Waals surface area contributed by atoms with Gasteiger partial charge in [-0.25, -0.2) is 0 Å². The highest BCUT2D eigenvalue weighted by Crippen LogP contribution is 2.15. The second kappa shape index (κ2) is 5.22. The maximum absolute atomic E-state index is 8.72. The van der Waals surface area contributed by atoms with Gasteiger partial charge in [0.15, 0.2) is 0 Å². The molecule has 0 unspecified atom stereocenters. The summed E-state index contributed by atoms with van der Waals surface area (Å²) in [7, 11) is 1.66. The summed E-state index contributed by atoms with van der Waals surface area (Å²) in [5.74, 6) is 0.870. The van der Waals surface area contributed by atoms with Crippen molar-refractivity contribution in [3.05, 3.63) is 53.8 Å². The van der Waals surface area contributed by atoms with E-state index in [-0.39, 0.29) is 0 Å². The van der Waals surface area contributed by atoms with Crippen molar-refractivity contribution in [2.75, 3.05) is 13.7 Å². The van der Waals surface area contributed by atoms with Crippen LogP contribution >= 0.6 is 0 Å². The van der Waals surface area contributed by atoms with Crippen molar-refractivity contribution in [3.8, 4) is 11.8 Å². The molecule has 0 saturated heterocycles. The van der Waals surface area contributed by atoms with Crippen molar-refractivity contribution >= 4 is 0 Å². The predicted molar refractivity (Wildman–Crippen MR) is 66.2 cm³/mol. The van der Waals surface area contributed by atoms with Crippen LogP contribution in [0.5, 0.6) is 5.75 Å². The van der Waals surface area contributed by atoms with E-state index in [1.807, 2.05) is 30.5 Å². The van der Waals surface area contributed by atoms with Crippen LogP contribution in [0.4, 0.5) is 0 Å². The Kier molecular flexibility index (Phi) is 3.46. The molecule has 0 saturated carbocycles. The third kappa shape index (κ3) is 2.88. The average molecular weight is 226 g/mol. The summed E-state index contributed by atoms with van der Waals surface area (Å²) in [5, 5.41) is 8.72. The number of nitriles is 1. The zero-order chi connectivity index (χ0) is 12.1. The van der Waals surface area contributed by atoms with Crippen molar-refractivity contribution in [1.82, 2.24) is 4.90 Å². The van der Waals surface area contributed by atoms with Crippen LogP contribution in [0.2, 0.25) is 0 Å². The van der Waals surface area contributed by atoms with Gasteiger partial charge in [0, 0.05) is 19.3 Å². The molecule has 0 atom stereocenters. The molecule has 0 aliphatic carbocycles. The van der Waals surface area contributed by atoms with Crippen LogP contribution in [0.1, 0.15) is 5.56 Å². The number of methoxy groups -OCH3 is 1. The van der Waals surface area contributed by atoms with Gasteiger partial charge in [0.25, 0.3) is 0 Å². The predicted octanol–water partition coefficient (Wildman–Crippen LogP) is 2.47. The number of hydrogen-bond donors (Lipinski definition) is 0. The summed E-state index contributed by atoms with van der Waals surface area (Å²) in [6, 6.07) is 10.2. The molecule has 1 aromatic carbocycles. The number of nitrogens with zero attached hydrogens (tertiary/aromatic N) is 2. The highest BCUT2D eigenvalue weighted by atomic mass is 16.5. The van der Waals surface area contributed by atoms with Gasteiger partial charge in [0.2, 0.25) is 0 Å². The first-order chi connectivity index (χ1) is 8.31. The van der Waals surface area contributed by atoms with Crippen molar-refractivity contribution in [2.24, 2.45) is 0 Å². The van der Waals surface area contributed by atoms with E-state index >= 15 is 0 Å². The molecule has 2 rings (SSSR count). The van der Waals surface area contributed by atoms with E-state index in [4.69, 9.17) is 10.00 Å². The average Bonchev–Trinajstić information content (AvgIpc) is 2.40. The van der Waals surface area contributed by atoms with Crippen molar-refractivity contribution in [2.45, 2.75) is 6.54 Å². The van der Waals surface area contributed by atoms with E-state index in [0.29, 0.717) is 0 Å². The van der Waals surface area contributed by atoms with Gasteiger partial charge >= 0.3 is 0 Å². The lowest BCUT2D eigenvalue weighted by molar-refractivity contribution is 0.401. The molecule has 1 heterocycles. The number of hydrogen-bond acceptors (Lipinski definition) is 3. The van der Waals surface area contributed by atoms with E-state index in [1.165, 1.54) is 5.56 Å². The lowest BCUT2D eigenvalue weighted by atomic mass is 10.1. The fourth-order valence-corrected chi connectivity index (χ4v) is 1.70. The Bertz CT molecular complexity index is 480. The molecule has 0 amide bonds. The van der Waals surface area contributed by atoms with E-state index < -0.39 is 0 Å². The molecule has 1 aliphatic rings. The molecule has 0 aromatic heterocycles. The Morgan fingerprint density at radius 2 is 2.12 bits per heavy atom. The molecule has 0 N–H and O–H groups in total. The molecule has 0 radical (unpaired) electrons. The largest absolute Gasteiger partial charge is 0.497 e. The van der Waals surface area contributed by atoms with Crippen molar-refractivity contribution < 1.29 is 4.74 Å². The van der Waals surface area contributed by atoms with Crippen LogP contribution in [-0.4, -0.2) is 18.6 Å². The molecule has 0 fully saturated rings. The Hall–Kier alpha value is -2.21. The maximum Gasteiger partial charge on any atom is 0.118 e. The first-order valence-electron chi connectivity index (χ1n) is 5.47. The molecule has 1 aromatic rings. The lowest BCUT2D eigenvalue weighted by Gasteiger charge is -2.21. The second-order valence-electron chi connectivity index (χ2n) is 3.86. The second-order valence-corrected chi connectivity index (χ2v) is 3.86. The summed E-state index contributed by atoms with van der Waals surface area (Å²) in [5.41, 5.74) is 1.96. The Labute approximate surface area is 101 Å². The molecule has 0 spiro atoms. The standard InChI is InChI=1S/C14H14N2O/c1-17-14-4-2-13(3-5-14)11-16-8-6-12(10-15)7-9-16/h2-8H,9,11H2,1H3. The SMILES string of the molecule is COc1ccc(CN2C=CC(C#N)=CC2)cc1. The van der Waals surface area contributed by atoms with Crippen molar-refractivity contribution in [3.63, 3.8) is 0 Å². The molecule has 0 bridgehead atoms. The van der Waals surface area contributed by atoms with Gasteiger partial charge in [-0.3, -0.25) is 0 Å². The quantitative estimate of drug-likeness (QED) is 0.794. The normalized spacial score (nSPS) is 14.1. The van der Waals surface area contributed by atoms with Gasteiger partial charge in [-0.05, 0) is 29.8 Å². The number of allylic oxidation sites excluding steroid dienone is 2. The fraction of sp³-hybridized carbons (Fsp3) is 0.214. The Morgan fingerprint density at radius 3 is 2.65 bits per heavy atom. The van der Waals surface area contributed by atoms with Crippen LogP contribution in [0.3, 0.4) is 0 Å². The molecule has 3 nitrogen and oxygen atoms in total. The zero-order valence-electron chi connectivity index (χ0n) is 9.76. The minimum atomic E-state index is 0.732. The van der Waals surface area contributed by atoms with Gasteiger partial charge in [-0.1, -0.05) is 12.1 Å². The van der Waals surface area contributed by atoms with E-state index in [2.05, 4.69) is 23.1 Å².